The van der Waals surface area contributed by atoms with E-state index in [1.807, 2.05) is 4.72 Å². The van der Waals surface area contributed by atoms with Crippen LogP contribution in [0.4, 0.5) is 11.4 Å². The fraction of sp³-hybridized carbons (Fsp3) is 0.444. The SMILES string of the molecule is Cn1c(=O)c(NCCN2CCOCC2)cc2cc(N3CC(=O)NS3(=O)=O)c(O)cc21. The molecule has 2 aliphatic heterocycles. The van der Waals surface area contributed by atoms with E-state index in [1.165, 1.54) is 16.7 Å². The van der Waals surface area contributed by atoms with Crippen LogP contribution < -0.4 is 19.9 Å². The molecule has 0 spiro atoms. The number of ether oxygens (including phenoxy) is 1. The summed E-state index contributed by atoms with van der Waals surface area (Å²) >= 11 is 0. The summed E-state index contributed by atoms with van der Waals surface area (Å²) < 4.78 is 33.7. The molecule has 12 heteroatoms. The maximum atomic E-state index is 12.7. The van der Waals surface area contributed by atoms with Gasteiger partial charge in [-0.1, -0.05) is 0 Å². The van der Waals surface area contributed by atoms with Gasteiger partial charge in [0.15, 0.2) is 0 Å². The van der Waals surface area contributed by atoms with Gasteiger partial charge in [-0.25, -0.2) is 9.03 Å². The molecule has 3 heterocycles. The van der Waals surface area contributed by atoms with E-state index in [-0.39, 0.29) is 17.0 Å². The number of aromatic hydroxyl groups is 1. The summed E-state index contributed by atoms with van der Waals surface area (Å²) in [6, 6.07) is 4.40. The number of hydrogen-bond donors (Lipinski definition) is 3. The van der Waals surface area contributed by atoms with Gasteiger partial charge in [-0.3, -0.25) is 14.5 Å². The number of nitrogens with one attached hydrogen (secondary N) is 2. The van der Waals surface area contributed by atoms with Gasteiger partial charge in [0.05, 0.1) is 24.4 Å². The van der Waals surface area contributed by atoms with E-state index in [1.54, 1.807) is 13.1 Å². The summed E-state index contributed by atoms with van der Waals surface area (Å²) in [7, 11) is -2.48. The molecule has 4 rings (SSSR count). The fourth-order valence-corrected chi connectivity index (χ4v) is 4.81. The van der Waals surface area contributed by atoms with Crippen LogP contribution in [-0.4, -0.2) is 74.8 Å². The topological polar surface area (TPSA) is 133 Å². The molecule has 30 heavy (non-hydrogen) atoms. The first-order valence-corrected chi connectivity index (χ1v) is 10.9. The Bertz CT molecular complexity index is 1160. The number of rotatable bonds is 5. The zero-order valence-electron chi connectivity index (χ0n) is 16.4. The molecule has 2 aromatic rings. The molecule has 3 N–H and O–H groups in total. The number of nitrogens with zero attached hydrogens (tertiary/aromatic N) is 3. The number of phenols is 1. The number of phenolic OH excluding ortho intramolecular Hbond substituents is 1. The molecule has 1 aromatic heterocycles. The lowest BCUT2D eigenvalue weighted by atomic mass is 10.1. The first-order chi connectivity index (χ1) is 14.3. The minimum Gasteiger partial charge on any atom is -0.506 e. The smallest absolute Gasteiger partial charge is 0.326 e. The number of pyridine rings is 1. The Morgan fingerprint density at radius 3 is 2.60 bits per heavy atom. The Balaban J connectivity index is 1.64. The summed E-state index contributed by atoms with van der Waals surface area (Å²) in [5.41, 5.74) is 0.519. The van der Waals surface area contributed by atoms with Crippen LogP contribution in [0.25, 0.3) is 10.9 Å². The first-order valence-electron chi connectivity index (χ1n) is 9.50. The largest absolute Gasteiger partial charge is 0.506 e. The zero-order valence-corrected chi connectivity index (χ0v) is 17.2. The average Bonchev–Trinajstić information content (AvgIpc) is 2.98. The van der Waals surface area contributed by atoms with Crippen molar-refractivity contribution in [2.24, 2.45) is 7.05 Å². The van der Waals surface area contributed by atoms with Gasteiger partial charge in [-0.05, 0) is 12.1 Å². The molecule has 0 saturated carbocycles. The normalized spacial score (nSPS) is 19.2. The van der Waals surface area contributed by atoms with Crippen molar-refractivity contribution in [2.75, 3.05) is 55.6 Å². The van der Waals surface area contributed by atoms with Crippen molar-refractivity contribution in [3.63, 3.8) is 0 Å². The van der Waals surface area contributed by atoms with Crippen LogP contribution in [0.1, 0.15) is 0 Å². The van der Waals surface area contributed by atoms with Crippen molar-refractivity contribution < 1.29 is 23.1 Å². The second-order valence-electron chi connectivity index (χ2n) is 7.24. The van der Waals surface area contributed by atoms with Crippen molar-refractivity contribution in [3.8, 4) is 5.75 Å². The van der Waals surface area contributed by atoms with Crippen molar-refractivity contribution in [1.82, 2.24) is 14.2 Å². The van der Waals surface area contributed by atoms with Crippen molar-refractivity contribution in [3.05, 3.63) is 28.6 Å². The van der Waals surface area contributed by atoms with Gasteiger partial charge in [0.1, 0.15) is 18.0 Å². The van der Waals surface area contributed by atoms with Gasteiger partial charge in [-0.2, -0.15) is 8.42 Å². The minimum atomic E-state index is -4.06. The lowest BCUT2D eigenvalue weighted by Gasteiger charge is -2.26. The fourth-order valence-electron chi connectivity index (χ4n) is 3.66. The Hall–Kier alpha value is -2.83. The zero-order chi connectivity index (χ0) is 21.5. The van der Waals surface area contributed by atoms with Crippen LogP contribution in [0, 0.1) is 0 Å². The third kappa shape index (κ3) is 3.80. The molecule has 162 valence electrons. The Morgan fingerprint density at radius 2 is 1.93 bits per heavy atom. The van der Waals surface area contributed by atoms with Crippen molar-refractivity contribution in [1.29, 1.82) is 0 Å². The molecule has 11 nitrogen and oxygen atoms in total. The van der Waals surface area contributed by atoms with Gasteiger partial charge in [0.25, 0.3) is 11.5 Å². The molecule has 1 aromatic carbocycles. The molecule has 0 unspecified atom stereocenters. The molecule has 0 radical (unpaired) electrons. The Morgan fingerprint density at radius 1 is 1.20 bits per heavy atom. The molecule has 0 atom stereocenters. The Labute approximate surface area is 173 Å². The maximum absolute atomic E-state index is 12.7. The molecular weight excluding hydrogens is 414 g/mol. The second kappa shape index (κ2) is 7.78. The van der Waals surface area contributed by atoms with Crippen LogP contribution in [-0.2, 0) is 26.8 Å². The van der Waals surface area contributed by atoms with Crippen LogP contribution >= 0.6 is 0 Å². The molecular formula is C18H23N5O6S. The van der Waals surface area contributed by atoms with Gasteiger partial charge >= 0.3 is 10.2 Å². The second-order valence-corrected chi connectivity index (χ2v) is 8.83. The predicted octanol–water partition coefficient (Wildman–Crippen LogP) is -0.831. The summed E-state index contributed by atoms with van der Waals surface area (Å²) in [5.74, 6) is -1.02. The number of hydrogen-bond acceptors (Lipinski definition) is 8. The Kier molecular flexibility index (Phi) is 5.30. The van der Waals surface area contributed by atoms with Gasteiger partial charge in [-0.15, -0.1) is 0 Å². The van der Waals surface area contributed by atoms with Crippen LogP contribution in [0.3, 0.4) is 0 Å². The molecule has 2 aliphatic rings. The number of aryl methyl sites for hydroxylation is 1. The number of benzene rings is 1. The van der Waals surface area contributed by atoms with Crippen LogP contribution in [0.5, 0.6) is 5.75 Å². The van der Waals surface area contributed by atoms with Gasteiger partial charge in [0, 0.05) is 44.7 Å². The number of fused-ring (bicyclic) bond motifs is 1. The molecule has 1 amide bonds. The van der Waals surface area contributed by atoms with E-state index in [9.17, 15) is 23.1 Å². The molecule has 2 fully saturated rings. The highest BCUT2D eigenvalue weighted by atomic mass is 32.2. The summed E-state index contributed by atoms with van der Waals surface area (Å²) in [6.07, 6.45) is 0. The number of morpholine rings is 1. The average molecular weight is 437 g/mol. The molecule has 0 bridgehead atoms. The van der Waals surface area contributed by atoms with E-state index in [4.69, 9.17) is 4.74 Å². The van der Waals surface area contributed by atoms with Crippen molar-refractivity contribution >= 4 is 38.4 Å². The summed E-state index contributed by atoms with van der Waals surface area (Å²) in [5, 5.41) is 14.1. The molecule has 0 aliphatic carbocycles. The van der Waals surface area contributed by atoms with E-state index in [0.717, 1.165) is 23.9 Å². The van der Waals surface area contributed by atoms with E-state index in [2.05, 4.69) is 10.2 Å². The van der Waals surface area contributed by atoms with Crippen LogP contribution in [0.15, 0.2) is 23.0 Å². The van der Waals surface area contributed by atoms with Crippen molar-refractivity contribution in [2.45, 2.75) is 0 Å². The van der Waals surface area contributed by atoms with E-state index in [0.29, 0.717) is 36.3 Å². The standard InChI is InChI=1S/C18H23N5O6S/c1-21-14-10-16(24)15(23-11-17(25)20-30(23,27)28)9-12(14)8-13(18(21)26)19-2-3-22-4-6-29-7-5-22/h8-10,19,24H,2-7,11H2,1H3,(H,20,25). The number of carbonyl (C=O) groups is 1. The predicted molar refractivity (Wildman–Crippen MR) is 111 cm³/mol. The number of anilines is 2. The van der Waals surface area contributed by atoms with E-state index < -0.39 is 22.7 Å². The molecule has 2 saturated heterocycles. The first kappa shape index (κ1) is 20.4. The van der Waals surface area contributed by atoms with Gasteiger partial charge < -0.3 is 19.7 Å². The quantitative estimate of drug-likeness (QED) is 0.552. The number of aromatic nitrogens is 1. The number of amides is 1. The highest BCUT2D eigenvalue weighted by Crippen LogP contribution is 2.34. The summed E-state index contributed by atoms with van der Waals surface area (Å²) in [6.45, 7) is 3.98. The maximum Gasteiger partial charge on any atom is 0.326 e. The highest BCUT2D eigenvalue weighted by Gasteiger charge is 2.35. The lowest BCUT2D eigenvalue weighted by Crippen LogP contribution is -2.39. The monoisotopic (exact) mass is 437 g/mol. The lowest BCUT2D eigenvalue weighted by molar-refractivity contribution is -0.117. The highest BCUT2D eigenvalue weighted by molar-refractivity contribution is 7.92. The third-order valence-electron chi connectivity index (χ3n) is 5.26. The van der Waals surface area contributed by atoms with Crippen LogP contribution in [0.2, 0.25) is 0 Å². The van der Waals surface area contributed by atoms with E-state index >= 15 is 0 Å². The van der Waals surface area contributed by atoms with Gasteiger partial charge in [0.2, 0.25) is 0 Å². The third-order valence-corrected chi connectivity index (χ3v) is 6.65. The number of carbonyl (C=O) groups excluding carboxylic acids is 1. The summed E-state index contributed by atoms with van der Waals surface area (Å²) in [4.78, 5) is 26.5. The minimum absolute atomic E-state index is 0.0289.